The van der Waals surface area contributed by atoms with Gasteiger partial charge >= 0.3 is 0 Å². The molecule has 3 rings (SSSR count). The second-order valence-corrected chi connectivity index (χ2v) is 7.08. The molecule has 0 unspecified atom stereocenters. The van der Waals surface area contributed by atoms with Crippen molar-refractivity contribution < 1.29 is 4.79 Å². The number of carbonyl (C=O) groups is 1. The topological polar surface area (TPSA) is 32.3 Å². The van der Waals surface area contributed by atoms with E-state index in [0.717, 1.165) is 11.1 Å². The molecule has 25 heavy (non-hydrogen) atoms. The highest BCUT2D eigenvalue weighted by Crippen LogP contribution is 2.29. The Labute approximate surface area is 155 Å². The monoisotopic (exact) mass is 356 g/mol. The van der Waals surface area contributed by atoms with Crippen LogP contribution in [0.2, 0.25) is 5.02 Å². The van der Waals surface area contributed by atoms with Crippen molar-refractivity contribution in [3.63, 3.8) is 0 Å². The van der Waals surface area contributed by atoms with E-state index in [4.69, 9.17) is 11.6 Å². The summed E-state index contributed by atoms with van der Waals surface area (Å²) in [6.07, 6.45) is 3.96. The fraction of sp³-hybridized carbons (Fsp3) is 0.381. The lowest BCUT2D eigenvalue weighted by molar-refractivity contribution is 0.0963. The van der Waals surface area contributed by atoms with Crippen molar-refractivity contribution in [3.8, 4) is 11.1 Å². The minimum absolute atomic E-state index is 0.165. The van der Waals surface area contributed by atoms with Crippen molar-refractivity contribution >= 4 is 17.5 Å². The third kappa shape index (κ3) is 4.05. The zero-order valence-electron chi connectivity index (χ0n) is 14.9. The molecule has 1 fully saturated rings. The molecule has 0 spiro atoms. The van der Waals surface area contributed by atoms with Crippen LogP contribution in [0.4, 0.5) is 0 Å². The summed E-state index contributed by atoms with van der Waals surface area (Å²) in [5.41, 5.74) is 3.94. The molecule has 0 radical (unpaired) electrons. The Morgan fingerprint density at radius 1 is 1.04 bits per heavy atom. The average molecular weight is 357 g/mol. The lowest BCUT2D eigenvalue weighted by Gasteiger charge is -2.32. The van der Waals surface area contributed by atoms with Gasteiger partial charge in [-0.3, -0.25) is 9.69 Å². The van der Waals surface area contributed by atoms with Crippen molar-refractivity contribution in [3.05, 3.63) is 58.6 Å². The SMILES string of the molecule is CNC(=O)c1cc(-c2ccc([C@H](C)N3CCCCC3)cc2)ccc1Cl. The number of carbonyl (C=O) groups excluding carboxylic acids is 1. The predicted octanol–water partition coefficient (Wildman–Crippen LogP) is 4.91. The number of rotatable bonds is 4. The first kappa shape index (κ1) is 18.0. The summed E-state index contributed by atoms with van der Waals surface area (Å²) in [6, 6.07) is 14.7. The number of benzene rings is 2. The standard InChI is InChI=1S/C21H25ClN2O/c1-15(24-12-4-3-5-13-24)16-6-8-17(9-7-16)18-10-11-20(22)19(14-18)21(25)23-2/h6-11,14-15H,3-5,12-13H2,1-2H3,(H,23,25)/t15-/m0/s1. The number of piperidine rings is 1. The predicted molar refractivity (Wildman–Crippen MR) is 104 cm³/mol. The van der Waals surface area contributed by atoms with Crippen molar-refractivity contribution in [2.24, 2.45) is 0 Å². The van der Waals surface area contributed by atoms with Gasteiger partial charge in [0.05, 0.1) is 10.6 Å². The molecular weight excluding hydrogens is 332 g/mol. The lowest BCUT2D eigenvalue weighted by atomic mass is 9.98. The van der Waals surface area contributed by atoms with Crippen molar-refractivity contribution in [1.29, 1.82) is 0 Å². The van der Waals surface area contributed by atoms with Crippen molar-refractivity contribution in [1.82, 2.24) is 10.2 Å². The summed E-state index contributed by atoms with van der Waals surface area (Å²) < 4.78 is 0. The summed E-state index contributed by atoms with van der Waals surface area (Å²) in [5, 5.41) is 3.10. The molecule has 1 heterocycles. The Kier molecular flexibility index (Phi) is 5.77. The zero-order chi connectivity index (χ0) is 17.8. The number of likely N-dealkylation sites (tertiary alicyclic amines) is 1. The fourth-order valence-electron chi connectivity index (χ4n) is 3.48. The van der Waals surface area contributed by atoms with Gasteiger partial charge in [-0.25, -0.2) is 0 Å². The molecule has 3 nitrogen and oxygen atoms in total. The molecule has 1 atom stereocenters. The highest BCUT2D eigenvalue weighted by Gasteiger charge is 2.18. The number of nitrogens with zero attached hydrogens (tertiary/aromatic N) is 1. The van der Waals surface area contributed by atoms with Gasteiger partial charge in [-0.1, -0.05) is 48.4 Å². The minimum Gasteiger partial charge on any atom is -0.355 e. The first-order valence-corrected chi connectivity index (χ1v) is 9.34. The molecule has 0 bridgehead atoms. The fourth-order valence-corrected chi connectivity index (χ4v) is 3.69. The van der Waals surface area contributed by atoms with E-state index in [1.807, 2.05) is 12.1 Å². The van der Waals surface area contributed by atoms with Crippen LogP contribution in [-0.4, -0.2) is 30.9 Å². The molecule has 0 aromatic heterocycles. The largest absolute Gasteiger partial charge is 0.355 e. The van der Waals surface area contributed by atoms with Gasteiger partial charge in [-0.2, -0.15) is 0 Å². The molecule has 0 aliphatic carbocycles. The van der Waals surface area contributed by atoms with Crippen LogP contribution >= 0.6 is 11.6 Å². The molecule has 132 valence electrons. The van der Waals surface area contributed by atoms with Gasteiger partial charge in [0.25, 0.3) is 5.91 Å². The molecule has 2 aromatic carbocycles. The number of amides is 1. The summed E-state index contributed by atoms with van der Waals surface area (Å²) in [4.78, 5) is 14.5. The minimum atomic E-state index is -0.165. The maximum absolute atomic E-state index is 11.9. The van der Waals surface area contributed by atoms with E-state index in [-0.39, 0.29) is 5.91 Å². The maximum atomic E-state index is 11.9. The number of hydrogen-bond acceptors (Lipinski definition) is 2. The molecule has 4 heteroatoms. The van der Waals surface area contributed by atoms with E-state index < -0.39 is 0 Å². The normalized spacial score (nSPS) is 16.4. The zero-order valence-corrected chi connectivity index (χ0v) is 15.6. The van der Waals surface area contributed by atoms with Gasteiger partial charge < -0.3 is 5.32 Å². The highest BCUT2D eigenvalue weighted by molar-refractivity contribution is 6.34. The summed E-state index contributed by atoms with van der Waals surface area (Å²) in [7, 11) is 1.61. The van der Waals surface area contributed by atoms with E-state index in [0.29, 0.717) is 16.6 Å². The Morgan fingerprint density at radius 3 is 2.32 bits per heavy atom. The van der Waals surface area contributed by atoms with E-state index >= 15 is 0 Å². The van der Waals surface area contributed by atoms with Crippen LogP contribution < -0.4 is 5.32 Å². The van der Waals surface area contributed by atoms with Crippen LogP contribution in [0.15, 0.2) is 42.5 Å². The Hall–Kier alpha value is -1.84. The van der Waals surface area contributed by atoms with Gasteiger partial charge in [0.15, 0.2) is 0 Å². The maximum Gasteiger partial charge on any atom is 0.252 e. The number of hydrogen-bond donors (Lipinski definition) is 1. The van der Waals surface area contributed by atoms with E-state index in [9.17, 15) is 4.79 Å². The molecule has 2 aromatic rings. The Bertz CT molecular complexity index is 736. The van der Waals surface area contributed by atoms with Gasteiger partial charge in [0.2, 0.25) is 0 Å². The lowest BCUT2D eigenvalue weighted by Crippen LogP contribution is -2.32. The first-order chi connectivity index (χ1) is 12.1. The summed E-state index contributed by atoms with van der Waals surface area (Å²) in [6.45, 7) is 4.66. The highest BCUT2D eigenvalue weighted by atomic mass is 35.5. The molecule has 1 aliphatic rings. The molecular formula is C21H25ClN2O. The van der Waals surface area contributed by atoms with Crippen LogP contribution in [0.5, 0.6) is 0 Å². The van der Waals surface area contributed by atoms with Crippen molar-refractivity contribution in [2.75, 3.05) is 20.1 Å². The van der Waals surface area contributed by atoms with Crippen molar-refractivity contribution in [2.45, 2.75) is 32.2 Å². The molecule has 1 amide bonds. The smallest absolute Gasteiger partial charge is 0.252 e. The van der Waals surface area contributed by atoms with Gasteiger partial charge in [0.1, 0.15) is 0 Å². The van der Waals surface area contributed by atoms with E-state index in [1.54, 1.807) is 13.1 Å². The third-order valence-electron chi connectivity index (χ3n) is 5.10. The van der Waals surface area contributed by atoms with Gasteiger partial charge in [0, 0.05) is 13.1 Å². The van der Waals surface area contributed by atoms with Crippen LogP contribution in [-0.2, 0) is 0 Å². The van der Waals surface area contributed by atoms with Crippen LogP contribution in [0.1, 0.15) is 48.1 Å². The number of nitrogens with one attached hydrogen (secondary N) is 1. The van der Waals surface area contributed by atoms with Crippen LogP contribution in [0, 0.1) is 0 Å². The quantitative estimate of drug-likeness (QED) is 0.843. The summed E-state index contributed by atoms with van der Waals surface area (Å²) in [5.74, 6) is -0.165. The number of halogens is 1. The second kappa shape index (κ2) is 8.03. The van der Waals surface area contributed by atoms with Crippen LogP contribution in [0.3, 0.4) is 0 Å². The third-order valence-corrected chi connectivity index (χ3v) is 5.43. The van der Waals surface area contributed by atoms with E-state index in [2.05, 4.69) is 41.4 Å². The van der Waals surface area contributed by atoms with Gasteiger partial charge in [-0.15, -0.1) is 0 Å². The molecule has 1 N–H and O–H groups in total. The average Bonchev–Trinajstić information content (AvgIpc) is 2.68. The Balaban J connectivity index is 1.81. The first-order valence-electron chi connectivity index (χ1n) is 8.96. The van der Waals surface area contributed by atoms with E-state index in [1.165, 1.54) is 37.9 Å². The Morgan fingerprint density at radius 2 is 1.68 bits per heavy atom. The second-order valence-electron chi connectivity index (χ2n) is 6.67. The van der Waals surface area contributed by atoms with Crippen LogP contribution in [0.25, 0.3) is 11.1 Å². The summed E-state index contributed by atoms with van der Waals surface area (Å²) >= 11 is 6.14. The molecule has 1 saturated heterocycles. The van der Waals surface area contributed by atoms with Gasteiger partial charge in [-0.05, 0) is 61.7 Å². The molecule has 0 saturated carbocycles. The molecule has 1 aliphatic heterocycles.